The number of rotatable bonds is 13. The van der Waals surface area contributed by atoms with Gasteiger partial charge in [-0.1, -0.05) is 54.6 Å². The Labute approximate surface area is 348 Å². The van der Waals surface area contributed by atoms with E-state index in [0.29, 0.717) is 30.0 Å². The van der Waals surface area contributed by atoms with Gasteiger partial charge in [0, 0.05) is 54.2 Å². The van der Waals surface area contributed by atoms with E-state index in [1.54, 1.807) is 18.2 Å². The summed E-state index contributed by atoms with van der Waals surface area (Å²) in [5.41, 5.74) is 11.5. The molecule has 8 rings (SSSR count). The molecule has 0 fully saturated rings. The van der Waals surface area contributed by atoms with E-state index in [0.717, 1.165) is 86.9 Å². The molecule has 12 nitrogen and oxygen atoms in total. The van der Waals surface area contributed by atoms with Crippen molar-refractivity contribution in [1.82, 2.24) is 30.0 Å². The maximum absolute atomic E-state index is 11.1. The zero-order valence-electron chi connectivity index (χ0n) is 34.0. The number of anilines is 2. The van der Waals surface area contributed by atoms with Gasteiger partial charge in [-0.05, 0) is 123 Å². The third-order valence-electron chi connectivity index (χ3n) is 10.1. The number of benzene rings is 6. The molecule has 0 unspecified atom stereocenters. The highest BCUT2D eigenvalue weighted by atomic mass is 16.3. The van der Waals surface area contributed by atoms with Crippen molar-refractivity contribution in [2.45, 2.75) is 40.8 Å². The fraction of sp³-hybridized carbons (Fsp3) is 0.167. The Morgan fingerprint density at radius 2 is 0.933 bits per heavy atom. The van der Waals surface area contributed by atoms with E-state index in [1.165, 1.54) is 15.7 Å². The van der Waals surface area contributed by atoms with Crippen LogP contribution in [-0.2, 0) is 17.9 Å². The van der Waals surface area contributed by atoms with Crippen LogP contribution in [0.3, 0.4) is 0 Å². The van der Waals surface area contributed by atoms with Gasteiger partial charge >= 0.3 is 0 Å². The van der Waals surface area contributed by atoms with Gasteiger partial charge in [-0.15, -0.1) is 30.0 Å². The molecule has 0 aliphatic carbocycles. The van der Waals surface area contributed by atoms with Crippen molar-refractivity contribution in [3.63, 3.8) is 0 Å². The highest BCUT2D eigenvalue weighted by Gasteiger charge is 2.18. The number of phenols is 2. The quantitative estimate of drug-likeness (QED) is 0.0858. The van der Waals surface area contributed by atoms with Gasteiger partial charge in [-0.25, -0.2) is 0 Å². The van der Waals surface area contributed by atoms with Gasteiger partial charge in [0.05, 0.1) is 0 Å². The van der Waals surface area contributed by atoms with Crippen LogP contribution in [0.15, 0.2) is 127 Å². The van der Waals surface area contributed by atoms with Crippen molar-refractivity contribution >= 4 is 52.1 Å². The van der Waals surface area contributed by atoms with E-state index < -0.39 is 0 Å². The Morgan fingerprint density at radius 3 is 1.28 bits per heavy atom. The predicted molar refractivity (Wildman–Crippen MR) is 237 cm³/mol. The van der Waals surface area contributed by atoms with Crippen LogP contribution in [0.1, 0.15) is 52.0 Å². The first-order valence-corrected chi connectivity index (χ1v) is 19.7. The second kappa shape index (κ2) is 18.3. The number of nitrogens with zero attached hydrogens (tertiary/aromatic N) is 8. The van der Waals surface area contributed by atoms with Gasteiger partial charge in [-0.3, -0.25) is 9.59 Å². The van der Waals surface area contributed by atoms with Gasteiger partial charge in [0.15, 0.2) is 0 Å². The number of aromatic nitrogens is 6. The molecule has 60 heavy (non-hydrogen) atoms. The van der Waals surface area contributed by atoms with Crippen LogP contribution < -0.4 is 9.80 Å². The smallest absolute Gasteiger partial charge is 0.150 e. The van der Waals surface area contributed by atoms with Crippen molar-refractivity contribution in [2.75, 3.05) is 22.9 Å². The molecule has 0 saturated carbocycles. The zero-order valence-corrected chi connectivity index (χ0v) is 34.0. The average Bonchev–Trinajstić information content (AvgIpc) is 3.91. The van der Waals surface area contributed by atoms with Gasteiger partial charge in [0.1, 0.15) is 57.5 Å². The Morgan fingerprint density at radius 1 is 0.550 bits per heavy atom. The number of hydrogen-bond acceptors (Lipinski definition) is 10. The molecule has 0 bridgehead atoms. The van der Waals surface area contributed by atoms with Crippen LogP contribution in [-0.4, -0.2) is 65.9 Å². The van der Waals surface area contributed by atoms with Crippen molar-refractivity contribution in [2.24, 2.45) is 0 Å². The van der Waals surface area contributed by atoms with E-state index in [-0.39, 0.29) is 11.5 Å². The Hall–Kier alpha value is -7.60. The van der Waals surface area contributed by atoms with E-state index in [2.05, 4.69) is 44.0 Å². The van der Waals surface area contributed by atoms with E-state index >= 15 is 0 Å². The maximum Gasteiger partial charge on any atom is 0.150 e. The van der Waals surface area contributed by atoms with E-state index in [4.69, 9.17) is 0 Å². The fourth-order valence-corrected chi connectivity index (χ4v) is 7.04. The summed E-state index contributed by atoms with van der Waals surface area (Å²) >= 11 is 0. The summed E-state index contributed by atoms with van der Waals surface area (Å²) in [6.07, 6.45) is 4.85. The number of allylic oxidation sites excluding steroid dienone is 1. The van der Waals surface area contributed by atoms with Gasteiger partial charge in [0.25, 0.3) is 0 Å². The molecule has 302 valence electrons. The number of hydrogen-bond donors (Lipinski definition) is 2. The van der Waals surface area contributed by atoms with Gasteiger partial charge < -0.3 is 20.0 Å². The van der Waals surface area contributed by atoms with Gasteiger partial charge in [-0.2, -0.15) is 0 Å². The molecule has 0 aliphatic heterocycles. The number of fused-ring (bicyclic) bond motifs is 2. The number of phenolic OH excluding ortho intramolecular Hbond substituents is 2. The predicted octanol–water partition coefficient (Wildman–Crippen LogP) is 8.95. The van der Waals surface area contributed by atoms with Crippen molar-refractivity contribution < 1.29 is 19.8 Å². The minimum absolute atomic E-state index is 0.166. The first kappa shape index (κ1) is 40.6. The molecule has 12 heteroatoms. The number of aromatic hydroxyl groups is 2. The first-order chi connectivity index (χ1) is 29.2. The molecule has 2 aromatic heterocycles. The van der Waals surface area contributed by atoms with Crippen LogP contribution in [0.5, 0.6) is 11.5 Å². The molecule has 0 aliphatic rings. The van der Waals surface area contributed by atoms with Crippen molar-refractivity contribution in [1.29, 1.82) is 0 Å². The van der Waals surface area contributed by atoms with E-state index in [1.807, 2.05) is 123 Å². The number of carbonyl (C=O) groups is 2. The lowest BCUT2D eigenvalue weighted by Crippen LogP contribution is -2.22. The average molecular weight is 799 g/mol. The summed E-state index contributed by atoms with van der Waals surface area (Å²) in [4.78, 5) is 28.7. The largest absolute Gasteiger partial charge is 0.505 e. The van der Waals surface area contributed by atoms with Crippen LogP contribution in [0, 0.1) is 13.8 Å². The standard InChI is InChI=1S/C25H24N4O2.C23H22N4O2/c1-3-28(21-12-10-19(11-13-21)7-6-14-30)17-20-15-18(2)16-24(25(20)31)29-26-22-8-4-5-9-23(22)27-29;1-3-26(19-10-8-17(15-28)9-11-19)14-18-12-16(2)13-22(23(18)29)27-24-20-6-4-5-7-21(20)25-27/h4-16,31H,3,17H2,1-2H3;4-13,15,29H,3,14H2,1-2H3/b7-6+;. The third kappa shape index (κ3) is 9.08. The lowest BCUT2D eigenvalue weighted by atomic mass is 10.1. The number of carbonyl (C=O) groups excluding carboxylic acids is 2. The monoisotopic (exact) mass is 798 g/mol. The summed E-state index contributed by atoms with van der Waals surface area (Å²) in [6.45, 7) is 10.7. The Kier molecular flexibility index (Phi) is 12.4. The third-order valence-corrected chi connectivity index (χ3v) is 10.1. The number of aryl methyl sites for hydroxylation is 2. The zero-order chi connectivity index (χ0) is 42.2. The molecule has 0 amide bonds. The Balaban J connectivity index is 0.000000182. The Bertz CT molecular complexity index is 2730. The molecule has 6 aromatic carbocycles. The van der Waals surface area contributed by atoms with Crippen LogP contribution in [0.4, 0.5) is 11.4 Å². The summed E-state index contributed by atoms with van der Waals surface area (Å²) in [6, 6.07) is 38.4. The highest BCUT2D eigenvalue weighted by molar-refractivity contribution is 5.77. The fourth-order valence-electron chi connectivity index (χ4n) is 7.04. The molecule has 8 aromatic rings. The first-order valence-electron chi connectivity index (χ1n) is 19.7. The SMILES string of the molecule is CCN(Cc1cc(C)cc(-n2nc3ccccc3n2)c1O)c1ccc(/C=C/C=O)cc1.CCN(Cc1cc(C)cc(-n2nc3ccccc3n2)c1O)c1ccc(C=O)cc1. The molecular formula is C48H46N8O4. The van der Waals surface area contributed by atoms with Crippen molar-refractivity contribution in [3.8, 4) is 22.9 Å². The lowest BCUT2D eigenvalue weighted by molar-refractivity contribution is -0.104. The highest BCUT2D eigenvalue weighted by Crippen LogP contribution is 2.32. The van der Waals surface area contributed by atoms with Crippen LogP contribution in [0.25, 0.3) is 39.5 Å². The molecule has 0 atom stereocenters. The molecule has 2 heterocycles. The summed E-state index contributed by atoms with van der Waals surface area (Å²) in [5.74, 6) is 0.341. The molecule has 0 spiro atoms. The summed E-state index contributed by atoms with van der Waals surface area (Å²) < 4.78 is 0. The van der Waals surface area contributed by atoms with Crippen LogP contribution >= 0.6 is 0 Å². The molecular weight excluding hydrogens is 753 g/mol. The number of aldehydes is 2. The summed E-state index contributed by atoms with van der Waals surface area (Å²) in [5, 5.41) is 40.1. The molecule has 2 N–H and O–H groups in total. The minimum atomic E-state index is 0.166. The maximum atomic E-state index is 11.1. The van der Waals surface area contributed by atoms with Crippen LogP contribution in [0.2, 0.25) is 0 Å². The lowest BCUT2D eigenvalue weighted by Gasteiger charge is -2.24. The normalized spacial score (nSPS) is 11.1. The minimum Gasteiger partial charge on any atom is -0.505 e. The van der Waals surface area contributed by atoms with E-state index in [9.17, 15) is 19.8 Å². The summed E-state index contributed by atoms with van der Waals surface area (Å²) in [7, 11) is 0. The second-order valence-electron chi connectivity index (χ2n) is 14.4. The van der Waals surface area contributed by atoms with Gasteiger partial charge in [0.2, 0.25) is 0 Å². The molecule has 0 saturated heterocycles. The molecule has 0 radical (unpaired) electrons. The van der Waals surface area contributed by atoms with Crippen molar-refractivity contribution in [3.05, 3.63) is 161 Å². The second-order valence-corrected chi connectivity index (χ2v) is 14.4. The topological polar surface area (TPSA) is 142 Å².